The lowest BCUT2D eigenvalue weighted by atomic mass is 9.79. The minimum absolute atomic E-state index is 0.0690. The highest BCUT2D eigenvalue weighted by molar-refractivity contribution is 5.95. The zero-order chi connectivity index (χ0) is 14.3. The molecule has 3 atom stereocenters. The molecule has 0 heterocycles. The largest absolute Gasteiger partial charge is 0.471 e. The number of carbonyl (C=O) groups excluding carboxylic acids is 2. The third-order valence-electron chi connectivity index (χ3n) is 5.04. The molecule has 0 radical (unpaired) electrons. The maximum absolute atomic E-state index is 12.3. The second-order valence-corrected chi connectivity index (χ2v) is 5.84. The first-order valence-electron chi connectivity index (χ1n) is 7.13. The molecular weight excluding hydrogens is 260 g/mol. The molecule has 0 unspecified atom stereocenters. The number of carbonyl (C=O) groups is 2. The van der Waals surface area contributed by atoms with Gasteiger partial charge in [-0.1, -0.05) is 6.42 Å². The van der Waals surface area contributed by atoms with Crippen LogP contribution >= 0.6 is 0 Å². The zero-order valence-corrected chi connectivity index (χ0v) is 11.9. The highest BCUT2D eigenvalue weighted by atomic mass is 16.7. The second kappa shape index (κ2) is 4.88. The Morgan fingerprint density at radius 3 is 2.80 bits per heavy atom. The topological polar surface area (TPSA) is 61.8 Å². The van der Waals surface area contributed by atoms with Crippen LogP contribution in [0.3, 0.4) is 0 Å². The van der Waals surface area contributed by atoms with Crippen molar-refractivity contribution in [3.05, 3.63) is 11.3 Å². The number of allylic oxidation sites excluding steroid dienone is 1. The smallest absolute Gasteiger partial charge is 0.337 e. The number of fused-ring (bicyclic) bond motifs is 3. The van der Waals surface area contributed by atoms with E-state index in [9.17, 15) is 9.59 Å². The maximum atomic E-state index is 12.3. The van der Waals surface area contributed by atoms with Crippen molar-refractivity contribution >= 4 is 11.8 Å². The van der Waals surface area contributed by atoms with Gasteiger partial charge in [0.25, 0.3) is 0 Å². The minimum Gasteiger partial charge on any atom is -0.471 e. The Bertz CT molecular complexity index is 481. The fourth-order valence-electron chi connectivity index (χ4n) is 4.15. The average Bonchev–Trinajstić information content (AvgIpc) is 2.89. The molecule has 5 heteroatoms. The molecule has 0 aromatic rings. The summed E-state index contributed by atoms with van der Waals surface area (Å²) in [5.41, 5.74) is 0.335. The van der Waals surface area contributed by atoms with Crippen molar-refractivity contribution in [1.29, 1.82) is 0 Å². The summed E-state index contributed by atoms with van der Waals surface area (Å²) in [7, 11) is 2.91. The van der Waals surface area contributed by atoms with Gasteiger partial charge in [0.15, 0.2) is 6.79 Å². The SMILES string of the molecule is COCOC1=C(C(=O)OC)C[C@H]2[C@@H]1[C@@]21CCCCC1=O. The molecule has 3 aliphatic carbocycles. The Morgan fingerprint density at radius 1 is 1.35 bits per heavy atom. The van der Waals surface area contributed by atoms with E-state index < -0.39 is 0 Å². The van der Waals surface area contributed by atoms with E-state index in [0.29, 0.717) is 30.0 Å². The molecule has 0 aromatic carbocycles. The van der Waals surface area contributed by atoms with Gasteiger partial charge in [-0.2, -0.15) is 0 Å². The van der Waals surface area contributed by atoms with Gasteiger partial charge in [-0.05, 0) is 25.2 Å². The van der Waals surface area contributed by atoms with Gasteiger partial charge in [0.1, 0.15) is 11.5 Å². The van der Waals surface area contributed by atoms with Crippen molar-refractivity contribution in [3.63, 3.8) is 0 Å². The molecule has 20 heavy (non-hydrogen) atoms. The fraction of sp³-hybridized carbons (Fsp3) is 0.733. The van der Waals surface area contributed by atoms with Crippen LogP contribution in [0.5, 0.6) is 0 Å². The molecular formula is C15H20O5. The average molecular weight is 280 g/mol. The molecule has 1 spiro atoms. The van der Waals surface area contributed by atoms with Crippen LogP contribution in [0.15, 0.2) is 11.3 Å². The third-order valence-corrected chi connectivity index (χ3v) is 5.04. The highest BCUT2D eigenvalue weighted by Gasteiger charge is 2.73. The predicted molar refractivity (Wildman–Crippen MR) is 69.5 cm³/mol. The number of methoxy groups -OCH3 is 2. The van der Waals surface area contributed by atoms with Crippen molar-refractivity contribution in [1.82, 2.24) is 0 Å². The maximum Gasteiger partial charge on any atom is 0.337 e. The predicted octanol–water partition coefficient (Wildman–Crippen LogP) is 1.81. The molecule has 0 aliphatic heterocycles. The van der Waals surface area contributed by atoms with Crippen LogP contribution in [-0.2, 0) is 23.8 Å². The normalized spacial score (nSPS) is 35.2. The van der Waals surface area contributed by atoms with E-state index in [1.807, 2.05) is 0 Å². The van der Waals surface area contributed by atoms with Gasteiger partial charge in [-0.15, -0.1) is 0 Å². The van der Waals surface area contributed by atoms with Gasteiger partial charge < -0.3 is 14.2 Å². The lowest BCUT2D eigenvalue weighted by Gasteiger charge is -2.25. The first-order valence-corrected chi connectivity index (χ1v) is 7.13. The zero-order valence-electron chi connectivity index (χ0n) is 11.9. The number of ether oxygens (including phenoxy) is 3. The van der Waals surface area contributed by atoms with Crippen LogP contribution in [0.4, 0.5) is 0 Å². The minimum atomic E-state index is -0.346. The van der Waals surface area contributed by atoms with Gasteiger partial charge in [-0.3, -0.25) is 4.79 Å². The van der Waals surface area contributed by atoms with Crippen LogP contribution < -0.4 is 0 Å². The van der Waals surface area contributed by atoms with Crippen LogP contribution in [0.1, 0.15) is 32.1 Å². The fourth-order valence-corrected chi connectivity index (χ4v) is 4.15. The number of ketones is 1. The number of esters is 1. The molecule has 0 saturated heterocycles. The Morgan fingerprint density at radius 2 is 2.15 bits per heavy atom. The molecule has 0 aromatic heterocycles. The number of Topliss-reactive ketones (excluding diaryl/α,β-unsaturated/α-hetero) is 1. The molecule has 2 fully saturated rings. The number of hydrogen-bond donors (Lipinski definition) is 0. The van der Waals surface area contributed by atoms with Gasteiger partial charge in [-0.25, -0.2) is 4.79 Å². The lowest BCUT2D eigenvalue weighted by molar-refractivity contribution is -0.137. The monoisotopic (exact) mass is 280 g/mol. The van der Waals surface area contributed by atoms with E-state index in [1.165, 1.54) is 7.11 Å². The first-order chi connectivity index (χ1) is 9.66. The van der Waals surface area contributed by atoms with Gasteiger partial charge in [0.05, 0.1) is 12.7 Å². The first kappa shape index (κ1) is 13.6. The van der Waals surface area contributed by atoms with Crippen LogP contribution in [0, 0.1) is 17.3 Å². The third kappa shape index (κ3) is 1.72. The van der Waals surface area contributed by atoms with E-state index in [1.54, 1.807) is 7.11 Å². The molecule has 0 N–H and O–H groups in total. The van der Waals surface area contributed by atoms with Crippen molar-refractivity contribution in [3.8, 4) is 0 Å². The van der Waals surface area contributed by atoms with Gasteiger partial charge in [0.2, 0.25) is 0 Å². The summed E-state index contributed by atoms with van der Waals surface area (Å²) in [6.45, 7) is 0.101. The Balaban J connectivity index is 1.87. The Hall–Kier alpha value is -1.36. The lowest BCUT2D eigenvalue weighted by Crippen LogP contribution is -2.27. The van der Waals surface area contributed by atoms with Crippen molar-refractivity contribution in [2.24, 2.45) is 17.3 Å². The molecule has 2 saturated carbocycles. The van der Waals surface area contributed by atoms with E-state index in [-0.39, 0.29) is 30.0 Å². The van der Waals surface area contributed by atoms with E-state index in [0.717, 1.165) is 19.3 Å². The Labute approximate surface area is 118 Å². The van der Waals surface area contributed by atoms with Crippen LogP contribution in [-0.4, -0.2) is 32.8 Å². The number of hydrogen-bond acceptors (Lipinski definition) is 5. The van der Waals surface area contributed by atoms with Gasteiger partial charge >= 0.3 is 5.97 Å². The summed E-state index contributed by atoms with van der Waals surface area (Å²) in [4.78, 5) is 24.2. The number of rotatable bonds is 4. The van der Waals surface area contributed by atoms with Crippen LogP contribution in [0.2, 0.25) is 0 Å². The van der Waals surface area contributed by atoms with E-state index >= 15 is 0 Å². The second-order valence-electron chi connectivity index (χ2n) is 5.84. The molecule has 3 aliphatic rings. The highest BCUT2D eigenvalue weighted by Crippen LogP contribution is 2.73. The standard InChI is InChI=1S/C15H20O5/c1-18-8-20-13-9(14(17)19-2)7-10-12(13)15(10)6-4-3-5-11(15)16/h10,12H,3-8H2,1-2H3/t10-,12-,15-/m0/s1. The van der Waals surface area contributed by atoms with Crippen molar-refractivity contribution in [2.45, 2.75) is 32.1 Å². The van der Waals surface area contributed by atoms with Crippen LogP contribution in [0.25, 0.3) is 0 Å². The van der Waals surface area contributed by atoms with Gasteiger partial charge in [0, 0.05) is 24.9 Å². The molecule has 3 rings (SSSR count). The molecule has 0 bridgehead atoms. The van der Waals surface area contributed by atoms with Crippen molar-refractivity contribution < 1.29 is 23.8 Å². The van der Waals surface area contributed by atoms with E-state index in [4.69, 9.17) is 14.2 Å². The summed E-state index contributed by atoms with van der Waals surface area (Å²) in [6.07, 6.45) is 4.27. The molecule has 110 valence electrons. The summed E-state index contributed by atoms with van der Waals surface area (Å²) in [5.74, 6) is 0.942. The van der Waals surface area contributed by atoms with Crippen molar-refractivity contribution in [2.75, 3.05) is 21.0 Å². The van der Waals surface area contributed by atoms with E-state index in [2.05, 4.69) is 0 Å². The Kier molecular flexibility index (Phi) is 3.32. The molecule has 5 nitrogen and oxygen atoms in total. The summed E-state index contributed by atoms with van der Waals surface area (Å²) in [6, 6.07) is 0. The molecule has 0 amide bonds. The summed E-state index contributed by atoms with van der Waals surface area (Å²) >= 11 is 0. The quantitative estimate of drug-likeness (QED) is 0.580. The summed E-state index contributed by atoms with van der Waals surface area (Å²) < 4.78 is 15.4. The summed E-state index contributed by atoms with van der Waals surface area (Å²) in [5, 5.41) is 0.